The normalized spacial score (nSPS) is 15.3. The molecule has 7 nitrogen and oxygen atoms in total. The highest BCUT2D eigenvalue weighted by molar-refractivity contribution is 7.92. The quantitative estimate of drug-likeness (QED) is 0.775. The topological polar surface area (TPSA) is 85.2 Å². The summed E-state index contributed by atoms with van der Waals surface area (Å²) < 4.78 is 26.1. The van der Waals surface area contributed by atoms with Gasteiger partial charge in [-0.2, -0.15) is 0 Å². The lowest BCUT2D eigenvalue weighted by atomic mass is 10.2. The van der Waals surface area contributed by atoms with Crippen molar-refractivity contribution in [3.8, 4) is 0 Å². The lowest BCUT2D eigenvalue weighted by Gasteiger charge is -2.28. The van der Waals surface area contributed by atoms with Crippen LogP contribution in [0.5, 0.6) is 0 Å². The van der Waals surface area contributed by atoms with Gasteiger partial charge in [0, 0.05) is 19.0 Å². The van der Waals surface area contributed by atoms with Crippen LogP contribution >= 0.6 is 0 Å². The van der Waals surface area contributed by atoms with Crippen LogP contribution in [0, 0.1) is 5.92 Å². The number of carbonyl (C=O) groups excluding carboxylic acids is 1. The predicted molar refractivity (Wildman–Crippen MR) is 87.6 cm³/mol. The van der Waals surface area contributed by atoms with Crippen LogP contribution in [0.1, 0.15) is 51.7 Å². The van der Waals surface area contributed by atoms with Crippen molar-refractivity contribution < 1.29 is 13.2 Å². The molecule has 130 valence electrons. The average Bonchev–Trinajstić information content (AvgIpc) is 2.87. The Morgan fingerprint density at radius 3 is 2.48 bits per heavy atom. The van der Waals surface area contributed by atoms with E-state index in [2.05, 4.69) is 24.0 Å². The van der Waals surface area contributed by atoms with Gasteiger partial charge in [-0.3, -0.25) is 4.79 Å². The Kier molecular flexibility index (Phi) is 5.44. The highest BCUT2D eigenvalue weighted by Crippen LogP contribution is 2.18. The van der Waals surface area contributed by atoms with Gasteiger partial charge >= 0.3 is 0 Å². The number of hydrogen-bond acceptors (Lipinski definition) is 5. The Bertz CT molecular complexity index is 664. The Hall–Kier alpha value is -1.44. The first-order chi connectivity index (χ1) is 10.7. The van der Waals surface area contributed by atoms with E-state index in [1.165, 1.54) is 0 Å². The number of aromatic nitrogens is 3. The van der Waals surface area contributed by atoms with E-state index in [4.69, 9.17) is 0 Å². The largest absolute Gasteiger partial charge is 0.332 e. The van der Waals surface area contributed by atoms with Crippen LogP contribution < -0.4 is 0 Å². The summed E-state index contributed by atoms with van der Waals surface area (Å²) in [6, 6.07) is 0. The molecule has 0 aliphatic carbocycles. The standard InChI is InChI=1S/C15H26N4O3S/c1-11(2)5-8-23(21,22)10-14(20)18-6-7-19-13(9-18)16-17-15(19)12(3)4/h11-12H,5-10H2,1-4H3. The van der Waals surface area contributed by atoms with E-state index in [1.807, 2.05) is 18.4 Å². The van der Waals surface area contributed by atoms with Crippen LogP contribution in [0.2, 0.25) is 0 Å². The number of hydrogen-bond donors (Lipinski definition) is 0. The fourth-order valence-corrected chi connectivity index (χ4v) is 4.12. The monoisotopic (exact) mass is 342 g/mol. The summed E-state index contributed by atoms with van der Waals surface area (Å²) in [5.74, 6) is 1.54. The Labute approximate surface area is 138 Å². The molecule has 0 bridgehead atoms. The summed E-state index contributed by atoms with van der Waals surface area (Å²) in [5.41, 5.74) is 0. The molecule has 2 heterocycles. The maximum atomic E-state index is 12.3. The molecule has 0 fully saturated rings. The molecule has 1 aliphatic heterocycles. The zero-order chi connectivity index (χ0) is 17.2. The van der Waals surface area contributed by atoms with Gasteiger partial charge in [-0.15, -0.1) is 10.2 Å². The van der Waals surface area contributed by atoms with Gasteiger partial charge in [0.2, 0.25) is 5.91 Å². The van der Waals surface area contributed by atoms with E-state index in [0.717, 1.165) is 11.6 Å². The second-order valence-corrected chi connectivity index (χ2v) is 9.05. The van der Waals surface area contributed by atoms with Crippen molar-refractivity contribution in [2.75, 3.05) is 18.1 Å². The number of rotatable bonds is 6. The van der Waals surface area contributed by atoms with Crippen LogP contribution in [0.4, 0.5) is 0 Å². The Morgan fingerprint density at radius 2 is 1.87 bits per heavy atom. The molecule has 0 N–H and O–H groups in total. The lowest BCUT2D eigenvalue weighted by molar-refractivity contribution is -0.129. The third-order valence-electron chi connectivity index (χ3n) is 4.00. The highest BCUT2D eigenvalue weighted by Gasteiger charge is 2.28. The molecule has 0 spiro atoms. The molecular weight excluding hydrogens is 316 g/mol. The van der Waals surface area contributed by atoms with Gasteiger partial charge in [-0.05, 0) is 12.3 Å². The van der Waals surface area contributed by atoms with Crippen molar-refractivity contribution in [3.63, 3.8) is 0 Å². The molecule has 0 atom stereocenters. The third kappa shape index (κ3) is 4.53. The number of fused-ring (bicyclic) bond motifs is 1. The summed E-state index contributed by atoms with van der Waals surface area (Å²) in [7, 11) is -3.34. The molecule has 0 unspecified atom stereocenters. The minimum atomic E-state index is -3.34. The van der Waals surface area contributed by atoms with Gasteiger partial charge in [0.15, 0.2) is 15.7 Å². The van der Waals surface area contributed by atoms with E-state index in [1.54, 1.807) is 4.90 Å². The maximum absolute atomic E-state index is 12.3. The number of nitrogens with zero attached hydrogens (tertiary/aromatic N) is 4. The molecule has 8 heteroatoms. The summed E-state index contributed by atoms with van der Waals surface area (Å²) >= 11 is 0. The van der Waals surface area contributed by atoms with Crippen molar-refractivity contribution in [1.29, 1.82) is 0 Å². The van der Waals surface area contributed by atoms with Crippen molar-refractivity contribution >= 4 is 15.7 Å². The summed E-state index contributed by atoms with van der Waals surface area (Å²) in [6.07, 6.45) is 0.585. The van der Waals surface area contributed by atoms with Crippen LogP contribution in [0.15, 0.2) is 0 Å². The predicted octanol–water partition coefficient (Wildman–Crippen LogP) is 1.20. The second-order valence-electron chi connectivity index (χ2n) is 6.87. The molecule has 23 heavy (non-hydrogen) atoms. The lowest BCUT2D eigenvalue weighted by Crippen LogP contribution is -2.42. The molecule has 1 aromatic heterocycles. The van der Waals surface area contributed by atoms with Crippen LogP contribution in [0.3, 0.4) is 0 Å². The maximum Gasteiger partial charge on any atom is 0.238 e. The molecule has 1 aliphatic rings. The van der Waals surface area contributed by atoms with Crippen molar-refractivity contribution in [2.45, 2.75) is 53.1 Å². The average molecular weight is 342 g/mol. The van der Waals surface area contributed by atoms with Gasteiger partial charge in [-0.25, -0.2) is 8.42 Å². The smallest absolute Gasteiger partial charge is 0.238 e. The van der Waals surface area contributed by atoms with Gasteiger partial charge in [0.05, 0.1) is 12.3 Å². The fourth-order valence-electron chi connectivity index (χ4n) is 2.59. The zero-order valence-corrected chi connectivity index (χ0v) is 15.1. The molecule has 0 saturated carbocycles. The molecule has 2 rings (SSSR count). The van der Waals surface area contributed by atoms with Gasteiger partial charge < -0.3 is 9.47 Å². The summed E-state index contributed by atoms with van der Waals surface area (Å²) in [4.78, 5) is 13.9. The molecule has 1 amide bonds. The number of sulfone groups is 1. The SMILES string of the molecule is CC(C)CCS(=O)(=O)CC(=O)N1CCn2c(nnc2C(C)C)C1. The molecule has 1 aromatic rings. The van der Waals surface area contributed by atoms with E-state index < -0.39 is 15.6 Å². The summed E-state index contributed by atoms with van der Waals surface area (Å²) in [6.45, 7) is 9.50. The summed E-state index contributed by atoms with van der Waals surface area (Å²) in [5, 5.41) is 8.31. The molecule has 0 aromatic carbocycles. The molecular formula is C15H26N4O3S. The highest BCUT2D eigenvalue weighted by atomic mass is 32.2. The third-order valence-corrected chi connectivity index (χ3v) is 5.54. The van der Waals surface area contributed by atoms with E-state index in [9.17, 15) is 13.2 Å². The molecule has 0 saturated heterocycles. The number of amides is 1. The van der Waals surface area contributed by atoms with Crippen LogP contribution in [-0.2, 0) is 27.7 Å². The minimum Gasteiger partial charge on any atom is -0.332 e. The first kappa shape index (κ1) is 17.9. The Balaban J connectivity index is 1.99. The molecule has 0 radical (unpaired) electrons. The van der Waals surface area contributed by atoms with Crippen LogP contribution in [0.25, 0.3) is 0 Å². The van der Waals surface area contributed by atoms with Gasteiger partial charge in [-0.1, -0.05) is 27.7 Å². The first-order valence-electron chi connectivity index (χ1n) is 8.09. The fraction of sp³-hybridized carbons (Fsp3) is 0.800. The first-order valence-corrected chi connectivity index (χ1v) is 9.92. The second kappa shape index (κ2) is 6.98. The minimum absolute atomic E-state index is 0.0674. The van der Waals surface area contributed by atoms with Crippen LogP contribution in [-0.4, -0.2) is 52.0 Å². The van der Waals surface area contributed by atoms with Gasteiger partial charge in [0.1, 0.15) is 11.6 Å². The van der Waals surface area contributed by atoms with E-state index in [0.29, 0.717) is 32.0 Å². The zero-order valence-electron chi connectivity index (χ0n) is 14.3. The van der Waals surface area contributed by atoms with Crippen molar-refractivity contribution in [3.05, 3.63) is 11.6 Å². The van der Waals surface area contributed by atoms with Crippen molar-refractivity contribution in [1.82, 2.24) is 19.7 Å². The number of carbonyl (C=O) groups is 1. The van der Waals surface area contributed by atoms with E-state index in [-0.39, 0.29) is 17.6 Å². The van der Waals surface area contributed by atoms with Gasteiger partial charge in [0.25, 0.3) is 0 Å². The Morgan fingerprint density at radius 1 is 1.17 bits per heavy atom. The van der Waals surface area contributed by atoms with Crippen molar-refractivity contribution in [2.24, 2.45) is 5.92 Å². The van der Waals surface area contributed by atoms with E-state index >= 15 is 0 Å².